The summed E-state index contributed by atoms with van der Waals surface area (Å²) in [7, 11) is 3.48. The van der Waals surface area contributed by atoms with Gasteiger partial charge in [0, 0.05) is 7.05 Å². The first kappa shape index (κ1) is 10.5. The van der Waals surface area contributed by atoms with Gasteiger partial charge in [0.05, 0.1) is 16.8 Å². The van der Waals surface area contributed by atoms with Crippen molar-refractivity contribution in [1.29, 1.82) is 0 Å². The summed E-state index contributed by atoms with van der Waals surface area (Å²) < 4.78 is 6.25. The molecule has 0 saturated heterocycles. The molecule has 15 heavy (non-hydrogen) atoms. The van der Waals surface area contributed by atoms with E-state index in [1.54, 1.807) is 7.11 Å². The third kappa shape index (κ3) is 1.64. The fourth-order valence-corrected chi connectivity index (χ4v) is 2.59. The zero-order chi connectivity index (χ0) is 11.0. The molecule has 0 aliphatic rings. The molecule has 0 amide bonds. The van der Waals surface area contributed by atoms with Crippen LogP contribution in [0.5, 0.6) is 5.75 Å². The number of methoxy groups -OCH3 is 1. The third-order valence-electron chi connectivity index (χ3n) is 2.19. The van der Waals surface area contributed by atoms with Crippen LogP contribution in [0.2, 0.25) is 5.02 Å². The van der Waals surface area contributed by atoms with Gasteiger partial charge in [0.15, 0.2) is 5.13 Å². The number of benzene rings is 1. The van der Waals surface area contributed by atoms with Crippen molar-refractivity contribution in [1.82, 2.24) is 4.98 Å². The van der Waals surface area contributed by atoms with E-state index in [-0.39, 0.29) is 0 Å². The lowest BCUT2D eigenvalue weighted by molar-refractivity contribution is 0.419. The van der Waals surface area contributed by atoms with Crippen molar-refractivity contribution in [2.24, 2.45) is 0 Å². The predicted octanol–water partition coefficient (Wildman–Crippen LogP) is 3.31. The van der Waals surface area contributed by atoms with Crippen molar-refractivity contribution in [3.63, 3.8) is 0 Å². The molecule has 1 aromatic heterocycles. The van der Waals surface area contributed by atoms with Crippen LogP contribution in [0.1, 0.15) is 5.56 Å². The SMILES string of the molecule is CNc1nc2c(OC)cc(C)c(Cl)c2s1. The highest BCUT2D eigenvalue weighted by molar-refractivity contribution is 7.22. The van der Waals surface area contributed by atoms with E-state index in [4.69, 9.17) is 16.3 Å². The van der Waals surface area contributed by atoms with Crippen molar-refractivity contribution >= 4 is 38.3 Å². The number of fused-ring (bicyclic) bond motifs is 1. The molecule has 0 spiro atoms. The van der Waals surface area contributed by atoms with Gasteiger partial charge in [-0.05, 0) is 18.6 Å². The first-order valence-electron chi connectivity index (χ1n) is 4.48. The fourth-order valence-electron chi connectivity index (χ4n) is 1.41. The predicted molar refractivity (Wildman–Crippen MR) is 65.5 cm³/mol. The second-order valence-electron chi connectivity index (χ2n) is 3.16. The van der Waals surface area contributed by atoms with Crippen LogP contribution in [-0.2, 0) is 0 Å². The van der Waals surface area contributed by atoms with E-state index >= 15 is 0 Å². The van der Waals surface area contributed by atoms with Crippen LogP contribution < -0.4 is 10.1 Å². The van der Waals surface area contributed by atoms with E-state index in [9.17, 15) is 0 Å². The van der Waals surface area contributed by atoms with E-state index in [2.05, 4.69) is 10.3 Å². The average Bonchev–Trinajstić information content (AvgIpc) is 2.67. The van der Waals surface area contributed by atoms with Crippen LogP contribution in [0.3, 0.4) is 0 Å². The number of rotatable bonds is 2. The fraction of sp³-hybridized carbons (Fsp3) is 0.300. The number of anilines is 1. The Labute approximate surface area is 97.0 Å². The number of nitrogens with zero attached hydrogens (tertiary/aromatic N) is 1. The molecule has 5 heteroatoms. The molecule has 1 N–H and O–H groups in total. The Morgan fingerprint density at radius 2 is 2.27 bits per heavy atom. The topological polar surface area (TPSA) is 34.2 Å². The van der Waals surface area contributed by atoms with Gasteiger partial charge < -0.3 is 10.1 Å². The number of thiazole rings is 1. The minimum absolute atomic E-state index is 0.754. The van der Waals surface area contributed by atoms with Crippen molar-refractivity contribution in [3.05, 3.63) is 16.7 Å². The maximum atomic E-state index is 6.21. The molecular formula is C10H11ClN2OS. The van der Waals surface area contributed by atoms with E-state index in [0.717, 1.165) is 31.7 Å². The van der Waals surface area contributed by atoms with Gasteiger partial charge in [0.25, 0.3) is 0 Å². The standard InChI is InChI=1S/C10H11ClN2OS/c1-5-4-6(14-3)8-9(7(5)11)15-10(12-2)13-8/h4H,1-3H3,(H,12,13). The molecule has 0 atom stereocenters. The minimum Gasteiger partial charge on any atom is -0.494 e. The largest absolute Gasteiger partial charge is 0.494 e. The number of hydrogen-bond acceptors (Lipinski definition) is 4. The molecule has 80 valence electrons. The highest BCUT2D eigenvalue weighted by Crippen LogP contribution is 2.39. The molecular weight excluding hydrogens is 232 g/mol. The molecule has 0 bridgehead atoms. The van der Waals surface area contributed by atoms with E-state index in [1.165, 1.54) is 11.3 Å². The molecule has 2 rings (SSSR count). The van der Waals surface area contributed by atoms with Gasteiger partial charge in [-0.25, -0.2) is 4.98 Å². The monoisotopic (exact) mass is 242 g/mol. The zero-order valence-electron chi connectivity index (χ0n) is 8.72. The summed E-state index contributed by atoms with van der Waals surface area (Å²) >= 11 is 7.75. The quantitative estimate of drug-likeness (QED) is 0.877. The summed E-state index contributed by atoms with van der Waals surface area (Å²) in [6, 6.07) is 1.91. The van der Waals surface area contributed by atoms with Crippen LogP contribution >= 0.6 is 22.9 Å². The molecule has 0 saturated carbocycles. The van der Waals surface area contributed by atoms with Crippen LogP contribution in [0.4, 0.5) is 5.13 Å². The minimum atomic E-state index is 0.754. The van der Waals surface area contributed by atoms with Gasteiger partial charge in [0.1, 0.15) is 11.3 Å². The Kier molecular flexibility index (Phi) is 2.71. The first-order chi connectivity index (χ1) is 7.17. The number of hydrogen-bond donors (Lipinski definition) is 1. The second-order valence-corrected chi connectivity index (χ2v) is 4.53. The summed E-state index contributed by atoms with van der Waals surface area (Å²) in [5.74, 6) is 0.768. The number of halogens is 1. The van der Waals surface area contributed by atoms with Crippen molar-refractivity contribution in [2.75, 3.05) is 19.5 Å². The Balaban J connectivity index is 2.80. The van der Waals surface area contributed by atoms with Gasteiger partial charge in [-0.2, -0.15) is 0 Å². The Hall–Kier alpha value is -1.000. The molecule has 1 aromatic carbocycles. The van der Waals surface area contributed by atoms with Crippen molar-refractivity contribution in [2.45, 2.75) is 6.92 Å². The van der Waals surface area contributed by atoms with E-state index < -0.39 is 0 Å². The van der Waals surface area contributed by atoms with E-state index in [0.29, 0.717) is 0 Å². The van der Waals surface area contributed by atoms with Gasteiger partial charge in [-0.1, -0.05) is 22.9 Å². The maximum Gasteiger partial charge on any atom is 0.183 e. The summed E-state index contributed by atoms with van der Waals surface area (Å²) in [6.45, 7) is 1.96. The van der Waals surface area contributed by atoms with Crippen LogP contribution in [0.15, 0.2) is 6.07 Å². The lowest BCUT2D eigenvalue weighted by atomic mass is 10.2. The van der Waals surface area contributed by atoms with Crippen LogP contribution in [-0.4, -0.2) is 19.1 Å². The van der Waals surface area contributed by atoms with E-state index in [1.807, 2.05) is 20.0 Å². The molecule has 0 aliphatic carbocycles. The molecule has 2 aromatic rings. The Bertz CT molecular complexity index is 510. The normalized spacial score (nSPS) is 10.7. The molecule has 0 radical (unpaired) electrons. The van der Waals surface area contributed by atoms with Crippen molar-refractivity contribution < 1.29 is 4.74 Å². The second kappa shape index (κ2) is 3.87. The third-order valence-corrected chi connectivity index (χ3v) is 3.88. The van der Waals surface area contributed by atoms with Gasteiger partial charge >= 0.3 is 0 Å². The van der Waals surface area contributed by atoms with Gasteiger partial charge in [-0.15, -0.1) is 0 Å². The highest BCUT2D eigenvalue weighted by Gasteiger charge is 2.13. The van der Waals surface area contributed by atoms with Crippen LogP contribution in [0.25, 0.3) is 10.2 Å². The molecule has 3 nitrogen and oxygen atoms in total. The smallest absolute Gasteiger partial charge is 0.183 e. The number of aromatic nitrogens is 1. The Morgan fingerprint density at radius 1 is 1.53 bits per heavy atom. The Morgan fingerprint density at radius 3 is 2.87 bits per heavy atom. The lowest BCUT2D eigenvalue weighted by Crippen LogP contribution is -1.88. The maximum absolute atomic E-state index is 6.21. The lowest BCUT2D eigenvalue weighted by Gasteiger charge is -2.04. The average molecular weight is 243 g/mol. The van der Waals surface area contributed by atoms with Crippen LogP contribution in [0, 0.1) is 6.92 Å². The zero-order valence-corrected chi connectivity index (χ0v) is 10.3. The van der Waals surface area contributed by atoms with Gasteiger partial charge in [0.2, 0.25) is 0 Å². The summed E-state index contributed by atoms with van der Waals surface area (Å²) in [5, 5.41) is 4.61. The first-order valence-corrected chi connectivity index (χ1v) is 5.68. The number of nitrogens with one attached hydrogen (secondary N) is 1. The molecule has 1 heterocycles. The number of ether oxygens (including phenoxy) is 1. The van der Waals surface area contributed by atoms with Crippen molar-refractivity contribution in [3.8, 4) is 5.75 Å². The molecule has 0 aliphatic heterocycles. The van der Waals surface area contributed by atoms with Gasteiger partial charge in [-0.3, -0.25) is 0 Å². The summed E-state index contributed by atoms with van der Waals surface area (Å²) in [4.78, 5) is 4.40. The number of aryl methyl sites for hydroxylation is 1. The highest BCUT2D eigenvalue weighted by atomic mass is 35.5. The summed E-state index contributed by atoms with van der Waals surface area (Å²) in [5.41, 5.74) is 1.83. The molecule has 0 unspecified atom stereocenters. The molecule has 0 fully saturated rings. The summed E-state index contributed by atoms with van der Waals surface area (Å²) in [6.07, 6.45) is 0.